The highest BCUT2D eigenvalue weighted by molar-refractivity contribution is 6.30. The van der Waals surface area contributed by atoms with Crippen LogP contribution in [0.15, 0.2) is 12.3 Å². The molecule has 0 saturated heterocycles. The van der Waals surface area contributed by atoms with E-state index in [0.717, 1.165) is 24.1 Å². The van der Waals surface area contributed by atoms with E-state index in [-0.39, 0.29) is 34.5 Å². The molecule has 0 aromatic carbocycles. The van der Waals surface area contributed by atoms with E-state index in [1.54, 1.807) is 0 Å². The molecule has 1 amide bonds. The van der Waals surface area contributed by atoms with Crippen LogP contribution in [0.3, 0.4) is 0 Å². The first-order valence-electron chi connectivity index (χ1n) is 9.05. The number of fused-ring (bicyclic) bond motifs is 3. The molecule has 0 bridgehead atoms. The van der Waals surface area contributed by atoms with E-state index in [0.29, 0.717) is 11.8 Å². The van der Waals surface area contributed by atoms with Crippen molar-refractivity contribution in [2.24, 2.45) is 11.3 Å². The van der Waals surface area contributed by atoms with Gasteiger partial charge in [0.25, 0.3) is 5.91 Å². The van der Waals surface area contributed by atoms with Crippen LogP contribution in [0.5, 0.6) is 0 Å². The van der Waals surface area contributed by atoms with E-state index in [4.69, 9.17) is 11.6 Å². The molecule has 0 radical (unpaired) electrons. The number of carbonyl (C=O) groups excluding carboxylic acids is 1. The molecule has 2 aliphatic carbocycles. The van der Waals surface area contributed by atoms with E-state index in [1.165, 1.54) is 16.9 Å². The molecule has 1 saturated carbocycles. The van der Waals surface area contributed by atoms with Gasteiger partial charge in [0.05, 0.1) is 23.4 Å². The van der Waals surface area contributed by atoms with Crippen LogP contribution in [0, 0.1) is 17.2 Å². The smallest absolute Gasteiger partial charge is 0.272 e. The molecule has 1 fully saturated rings. The minimum atomic E-state index is -0.577. The van der Waals surface area contributed by atoms with Crippen molar-refractivity contribution < 1.29 is 14.3 Å². The van der Waals surface area contributed by atoms with Gasteiger partial charge in [-0.2, -0.15) is 5.10 Å². The lowest BCUT2D eigenvalue weighted by Gasteiger charge is -2.29. The fourth-order valence-corrected chi connectivity index (χ4v) is 3.93. The molecule has 6 nitrogen and oxygen atoms in total. The lowest BCUT2D eigenvalue weighted by Crippen LogP contribution is -2.46. The highest BCUT2D eigenvalue weighted by Gasteiger charge is 2.50. The van der Waals surface area contributed by atoms with Gasteiger partial charge in [-0.1, -0.05) is 32.4 Å². The van der Waals surface area contributed by atoms with Gasteiger partial charge in [0, 0.05) is 17.7 Å². The number of aromatic nitrogens is 3. The van der Waals surface area contributed by atoms with Crippen molar-refractivity contribution in [2.75, 3.05) is 6.61 Å². The number of nitrogens with one attached hydrogen (secondary N) is 1. The summed E-state index contributed by atoms with van der Waals surface area (Å²) in [6.07, 6.45) is 3.15. The highest BCUT2D eigenvalue weighted by Crippen LogP contribution is 2.57. The Hall–Kier alpha value is -1.99. The first-order valence-corrected chi connectivity index (χ1v) is 9.43. The second-order valence-electron chi connectivity index (χ2n) is 8.46. The van der Waals surface area contributed by atoms with Crippen LogP contribution in [0.2, 0.25) is 5.02 Å². The van der Waals surface area contributed by atoms with Crippen molar-refractivity contribution in [3.05, 3.63) is 40.1 Å². The minimum absolute atomic E-state index is 0.0526. The maximum atomic E-state index is 14.4. The average molecular weight is 393 g/mol. The number of pyridine rings is 1. The van der Waals surface area contributed by atoms with Crippen LogP contribution >= 0.6 is 11.6 Å². The van der Waals surface area contributed by atoms with Crippen molar-refractivity contribution in [1.82, 2.24) is 20.1 Å². The predicted octanol–water partition coefficient (Wildman–Crippen LogP) is 2.86. The summed E-state index contributed by atoms with van der Waals surface area (Å²) in [7, 11) is 0. The third-order valence-corrected chi connectivity index (χ3v) is 5.71. The van der Waals surface area contributed by atoms with E-state index < -0.39 is 11.9 Å². The molecule has 8 heteroatoms. The molecule has 0 spiro atoms. The molecule has 2 N–H and O–H groups in total. The number of hydrogen-bond donors (Lipinski definition) is 2. The van der Waals surface area contributed by atoms with Crippen molar-refractivity contribution in [3.8, 4) is 5.82 Å². The molecule has 2 aromatic heterocycles. The summed E-state index contributed by atoms with van der Waals surface area (Å²) in [6.45, 7) is 5.66. The third-order valence-electron chi connectivity index (χ3n) is 5.50. The summed E-state index contributed by atoms with van der Waals surface area (Å²) in [5.74, 6) is -0.0946. The Kier molecular flexibility index (Phi) is 4.27. The van der Waals surface area contributed by atoms with Gasteiger partial charge in [0.15, 0.2) is 17.3 Å². The summed E-state index contributed by atoms with van der Waals surface area (Å²) >= 11 is 5.81. The van der Waals surface area contributed by atoms with Crippen LogP contribution in [0.1, 0.15) is 54.9 Å². The molecule has 3 atom stereocenters. The van der Waals surface area contributed by atoms with Crippen molar-refractivity contribution in [1.29, 1.82) is 0 Å². The number of rotatable bonds is 4. The molecule has 2 aromatic rings. The van der Waals surface area contributed by atoms with Crippen LogP contribution in [-0.4, -0.2) is 38.4 Å². The Labute approximate surface area is 161 Å². The maximum absolute atomic E-state index is 14.4. The third kappa shape index (κ3) is 3.12. The van der Waals surface area contributed by atoms with Gasteiger partial charge in [-0.3, -0.25) is 4.79 Å². The maximum Gasteiger partial charge on any atom is 0.272 e. The lowest BCUT2D eigenvalue weighted by molar-refractivity contribution is 0.0841. The summed E-state index contributed by atoms with van der Waals surface area (Å²) in [6, 6.07) is 0.783. The minimum Gasteiger partial charge on any atom is -0.394 e. The van der Waals surface area contributed by atoms with E-state index >= 15 is 0 Å². The Morgan fingerprint density at radius 2 is 2.26 bits per heavy atom. The number of halogens is 2. The first-order chi connectivity index (χ1) is 12.7. The van der Waals surface area contributed by atoms with Crippen LogP contribution < -0.4 is 5.32 Å². The van der Waals surface area contributed by atoms with Crippen LogP contribution in [-0.2, 0) is 6.42 Å². The van der Waals surface area contributed by atoms with Crippen molar-refractivity contribution in [2.45, 2.75) is 45.6 Å². The van der Waals surface area contributed by atoms with E-state index in [1.807, 2.05) is 20.8 Å². The zero-order chi connectivity index (χ0) is 19.5. The molecule has 0 unspecified atom stereocenters. The lowest BCUT2D eigenvalue weighted by atomic mass is 9.87. The van der Waals surface area contributed by atoms with Crippen molar-refractivity contribution in [3.63, 3.8) is 0 Å². The number of nitrogens with zero attached hydrogens (tertiary/aromatic N) is 3. The molecule has 0 aliphatic heterocycles. The number of carbonyl (C=O) groups is 1. The highest BCUT2D eigenvalue weighted by atomic mass is 35.5. The van der Waals surface area contributed by atoms with E-state index in [9.17, 15) is 14.3 Å². The molecule has 2 aliphatic rings. The van der Waals surface area contributed by atoms with Crippen LogP contribution in [0.4, 0.5) is 4.39 Å². The Morgan fingerprint density at radius 3 is 2.89 bits per heavy atom. The molecular weight excluding hydrogens is 371 g/mol. The second kappa shape index (κ2) is 6.27. The molecule has 27 heavy (non-hydrogen) atoms. The van der Waals surface area contributed by atoms with Crippen LogP contribution in [0.25, 0.3) is 5.82 Å². The second-order valence-corrected chi connectivity index (χ2v) is 8.90. The normalized spacial score (nSPS) is 21.6. The Balaban J connectivity index is 1.73. The number of amides is 1. The molecule has 144 valence electrons. The Bertz CT molecular complexity index is 921. The fourth-order valence-electron chi connectivity index (χ4n) is 3.79. The quantitative estimate of drug-likeness (QED) is 0.838. The summed E-state index contributed by atoms with van der Waals surface area (Å²) in [5, 5.41) is 17.1. The predicted molar refractivity (Wildman–Crippen MR) is 98.7 cm³/mol. The van der Waals surface area contributed by atoms with Gasteiger partial charge < -0.3 is 10.4 Å². The molecule has 2 heterocycles. The molecular formula is C19H22ClFN4O2. The largest absolute Gasteiger partial charge is 0.394 e. The standard InChI is InChI=1S/C19H22ClFN4O2/c1-19(2,3)14(8-26)23-18(27)15-12-5-9-4-11(9)16(12)25(24-15)17-13(21)6-10(20)7-22-17/h6-7,9,11,14,26H,4-5,8H2,1-3H3,(H,23,27)/t9-,11-,14-/m1/s1. The van der Waals surface area contributed by atoms with Gasteiger partial charge in [-0.05, 0) is 30.2 Å². The van der Waals surface area contributed by atoms with Crippen molar-refractivity contribution >= 4 is 17.5 Å². The number of aliphatic hydroxyl groups excluding tert-OH is 1. The number of hydrogen-bond acceptors (Lipinski definition) is 4. The van der Waals surface area contributed by atoms with Gasteiger partial charge in [-0.25, -0.2) is 14.1 Å². The van der Waals surface area contributed by atoms with Gasteiger partial charge in [-0.15, -0.1) is 0 Å². The Morgan fingerprint density at radius 1 is 1.52 bits per heavy atom. The molecule has 4 rings (SSSR count). The zero-order valence-corrected chi connectivity index (χ0v) is 16.2. The van der Waals surface area contributed by atoms with Gasteiger partial charge >= 0.3 is 0 Å². The zero-order valence-electron chi connectivity index (χ0n) is 15.5. The summed E-state index contributed by atoms with van der Waals surface area (Å²) < 4.78 is 15.9. The van der Waals surface area contributed by atoms with Gasteiger partial charge in [0.1, 0.15) is 0 Å². The SMILES string of the molecule is CC(C)(C)[C@@H](CO)NC(=O)c1nn(-c2ncc(Cl)cc2F)c2c1C[C@H]1C[C@@H]21. The monoisotopic (exact) mass is 392 g/mol. The average Bonchev–Trinajstić information content (AvgIpc) is 3.08. The number of aliphatic hydroxyl groups is 1. The topological polar surface area (TPSA) is 80.0 Å². The van der Waals surface area contributed by atoms with E-state index in [2.05, 4.69) is 15.4 Å². The fraction of sp³-hybridized carbons (Fsp3) is 0.526. The summed E-state index contributed by atoms with van der Waals surface area (Å²) in [5.41, 5.74) is 1.71. The summed E-state index contributed by atoms with van der Waals surface area (Å²) in [4.78, 5) is 17.0. The first kappa shape index (κ1) is 18.4. The van der Waals surface area contributed by atoms with Gasteiger partial charge in [0.2, 0.25) is 0 Å².